The molecule has 0 saturated carbocycles. The summed E-state index contributed by atoms with van der Waals surface area (Å²) in [7, 11) is 0. The van der Waals surface area contributed by atoms with Crippen LogP contribution < -0.4 is 5.32 Å². The summed E-state index contributed by atoms with van der Waals surface area (Å²) in [5.74, 6) is 0. The summed E-state index contributed by atoms with van der Waals surface area (Å²) in [6, 6.07) is 1.25. The van der Waals surface area contributed by atoms with Gasteiger partial charge in [-0.05, 0) is 13.3 Å². The highest BCUT2D eigenvalue weighted by atomic mass is 16.5. The van der Waals surface area contributed by atoms with Crippen LogP contribution in [-0.4, -0.2) is 25.2 Å². The zero-order valence-electron chi connectivity index (χ0n) is 7.97. The number of amidine groups is 1. The van der Waals surface area contributed by atoms with E-state index >= 15 is 0 Å². The fraction of sp³-hybridized carbons (Fsp3) is 0.889. The Hall–Kier alpha value is -0.730. The molecular formula is C9H18N2O. The maximum Gasteiger partial charge on any atom is 0.284 e. The second-order valence-electron chi connectivity index (χ2n) is 3.06. The molecule has 0 aliphatic carbocycles. The minimum atomic E-state index is 0.520. The van der Waals surface area contributed by atoms with Crippen LogP contribution in [0.15, 0.2) is 4.99 Å². The van der Waals surface area contributed by atoms with Crippen molar-refractivity contribution in [3.05, 3.63) is 0 Å². The largest absolute Gasteiger partial charge is 0.466 e. The molecule has 1 aliphatic rings. The third-order valence-corrected chi connectivity index (χ3v) is 1.97. The first-order valence-corrected chi connectivity index (χ1v) is 4.80. The van der Waals surface area contributed by atoms with E-state index in [-0.39, 0.29) is 0 Å². The van der Waals surface area contributed by atoms with Gasteiger partial charge in [-0.15, -0.1) is 0 Å². The van der Waals surface area contributed by atoms with Gasteiger partial charge in [-0.25, -0.2) is 4.99 Å². The lowest BCUT2D eigenvalue weighted by atomic mass is 10.1. The van der Waals surface area contributed by atoms with E-state index in [2.05, 4.69) is 17.2 Å². The lowest BCUT2D eigenvalue weighted by molar-refractivity contribution is 0.311. The highest BCUT2D eigenvalue weighted by Crippen LogP contribution is 2.05. The number of unbranched alkanes of at least 4 members (excludes halogenated alkanes) is 1. The molecule has 1 rings (SSSR count). The maximum atomic E-state index is 5.25. The molecule has 3 heteroatoms. The van der Waals surface area contributed by atoms with Crippen molar-refractivity contribution in [1.29, 1.82) is 0 Å². The molecule has 1 N–H and O–H groups in total. The van der Waals surface area contributed by atoms with E-state index in [1.54, 1.807) is 0 Å². The summed E-state index contributed by atoms with van der Waals surface area (Å²) in [5, 5.41) is 3.25. The van der Waals surface area contributed by atoms with Crippen molar-refractivity contribution < 1.29 is 4.74 Å². The molecule has 0 radical (unpaired) electrons. The quantitative estimate of drug-likeness (QED) is 0.694. The third-order valence-electron chi connectivity index (χ3n) is 1.97. The Morgan fingerprint density at radius 1 is 1.58 bits per heavy atom. The van der Waals surface area contributed by atoms with Crippen molar-refractivity contribution in [2.75, 3.05) is 13.2 Å². The third kappa shape index (κ3) is 2.72. The molecule has 0 aromatic carbocycles. The summed E-state index contributed by atoms with van der Waals surface area (Å²) in [6.45, 7) is 5.77. The average molecular weight is 170 g/mol. The van der Waals surface area contributed by atoms with Gasteiger partial charge in [0.05, 0.1) is 19.2 Å². The SMILES string of the molecule is CCCCC1CN=C(OCC)N1. The molecule has 12 heavy (non-hydrogen) atoms. The van der Waals surface area contributed by atoms with Crippen LogP contribution in [0.4, 0.5) is 0 Å². The molecule has 0 bridgehead atoms. The van der Waals surface area contributed by atoms with Crippen molar-refractivity contribution in [3.8, 4) is 0 Å². The summed E-state index contributed by atoms with van der Waals surface area (Å²) in [6.07, 6.45) is 3.73. The zero-order valence-corrected chi connectivity index (χ0v) is 7.97. The molecule has 0 aromatic rings. The summed E-state index contributed by atoms with van der Waals surface area (Å²) < 4.78 is 5.25. The second kappa shape index (κ2) is 5.01. The van der Waals surface area contributed by atoms with Gasteiger partial charge in [-0.1, -0.05) is 19.8 Å². The number of nitrogens with one attached hydrogen (secondary N) is 1. The van der Waals surface area contributed by atoms with Crippen molar-refractivity contribution >= 4 is 6.02 Å². The van der Waals surface area contributed by atoms with E-state index < -0.39 is 0 Å². The van der Waals surface area contributed by atoms with Gasteiger partial charge in [0.2, 0.25) is 0 Å². The number of aliphatic imine (C=N–C) groups is 1. The van der Waals surface area contributed by atoms with Gasteiger partial charge < -0.3 is 10.1 Å². The van der Waals surface area contributed by atoms with E-state index in [1.165, 1.54) is 19.3 Å². The molecule has 1 unspecified atom stereocenters. The summed E-state index contributed by atoms with van der Waals surface area (Å²) in [4.78, 5) is 4.24. The number of ether oxygens (including phenoxy) is 1. The first-order chi connectivity index (χ1) is 5.86. The second-order valence-corrected chi connectivity index (χ2v) is 3.06. The van der Waals surface area contributed by atoms with Crippen LogP contribution in [0.2, 0.25) is 0 Å². The van der Waals surface area contributed by atoms with E-state index in [0.717, 1.165) is 12.6 Å². The smallest absolute Gasteiger partial charge is 0.284 e. The Morgan fingerprint density at radius 3 is 3.08 bits per heavy atom. The molecule has 0 aromatic heterocycles. The molecule has 0 spiro atoms. The normalized spacial score (nSPS) is 21.8. The van der Waals surface area contributed by atoms with Crippen molar-refractivity contribution in [1.82, 2.24) is 5.32 Å². The van der Waals surface area contributed by atoms with Crippen LogP contribution in [0.25, 0.3) is 0 Å². The Bertz CT molecular complexity index is 157. The Labute approximate surface area is 74.2 Å². The summed E-state index contributed by atoms with van der Waals surface area (Å²) in [5.41, 5.74) is 0. The molecule has 0 saturated heterocycles. The minimum Gasteiger partial charge on any atom is -0.466 e. The van der Waals surface area contributed by atoms with Crippen LogP contribution in [0.3, 0.4) is 0 Å². The van der Waals surface area contributed by atoms with Crippen molar-refractivity contribution in [3.63, 3.8) is 0 Å². The number of nitrogens with zero attached hydrogens (tertiary/aromatic N) is 1. The highest BCUT2D eigenvalue weighted by molar-refractivity contribution is 5.75. The summed E-state index contributed by atoms with van der Waals surface area (Å²) >= 11 is 0. The first kappa shape index (κ1) is 9.36. The Balaban J connectivity index is 2.13. The molecule has 70 valence electrons. The van der Waals surface area contributed by atoms with Crippen molar-refractivity contribution in [2.24, 2.45) is 4.99 Å². The van der Waals surface area contributed by atoms with Crippen LogP contribution in [-0.2, 0) is 4.74 Å². The predicted molar refractivity (Wildman–Crippen MR) is 50.4 cm³/mol. The average Bonchev–Trinajstić information content (AvgIpc) is 2.50. The van der Waals surface area contributed by atoms with Gasteiger partial charge >= 0.3 is 0 Å². The van der Waals surface area contributed by atoms with E-state index in [0.29, 0.717) is 12.6 Å². The van der Waals surface area contributed by atoms with Gasteiger partial charge in [-0.3, -0.25) is 0 Å². The maximum absolute atomic E-state index is 5.25. The molecule has 3 nitrogen and oxygen atoms in total. The first-order valence-electron chi connectivity index (χ1n) is 4.80. The van der Waals surface area contributed by atoms with Crippen LogP contribution >= 0.6 is 0 Å². The Morgan fingerprint density at radius 2 is 2.42 bits per heavy atom. The standard InChI is InChI=1S/C9H18N2O/c1-3-5-6-8-7-10-9(11-8)12-4-2/h8H,3-7H2,1-2H3,(H,10,11). The van der Waals surface area contributed by atoms with Crippen LogP contribution in [0.5, 0.6) is 0 Å². The van der Waals surface area contributed by atoms with E-state index in [4.69, 9.17) is 4.74 Å². The van der Waals surface area contributed by atoms with Gasteiger partial charge in [0, 0.05) is 0 Å². The van der Waals surface area contributed by atoms with Crippen LogP contribution in [0, 0.1) is 0 Å². The fourth-order valence-corrected chi connectivity index (χ4v) is 1.30. The minimum absolute atomic E-state index is 0.520. The fourth-order valence-electron chi connectivity index (χ4n) is 1.30. The molecule has 0 fully saturated rings. The molecule has 1 atom stereocenters. The van der Waals surface area contributed by atoms with Crippen molar-refractivity contribution in [2.45, 2.75) is 39.2 Å². The molecule has 1 heterocycles. The number of hydrogen-bond acceptors (Lipinski definition) is 3. The zero-order chi connectivity index (χ0) is 8.81. The molecule has 0 amide bonds. The lowest BCUT2D eigenvalue weighted by Gasteiger charge is -2.10. The van der Waals surface area contributed by atoms with Gasteiger partial charge in [0.1, 0.15) is 0 Å². The van der Waals surface area contributed by atoms with E-state index in [9.17, 15) is 0 Å². The molecule has 1 aliphatic heterocycles. The topological polar surface area (TPSA) is 33.6 Å². The number of rotatable bonds is 4. The van der Waals surface area contributed by atoms with Gasteiger partial charge in [-0.2, -0.15) is 0 Å². The number of hydrogen-bond donors (Lipinski definition) is 1. The monoisotopic (exact) mass is 170 g/mol. The van der Waals surface area contributed by atoms with E-state index in [1.807, 2.05) is 6.92 Å². The molecular weight excluding hydrogens is 152 g/mol. The highest BCUT2D eigenvalue weighted by Gasteiger charge is 2.16. The Kier molecular flexibility index (Phi) is 3.91. The predicted octanol–water partition coefficient (Wildman–Crippen LogP) is 1.54. The van der Waals surface area contributed by atoms with Gasteiger partial charge in [0.25, 0.3) is 6.02 Å². The lowest BCUT2D eigenvalue weighted by Crippen LogP contribution is -2.31. The van der Waals surface area contributed by atoms with Crippen LogP contribution in [0.1, 0.15) is 33.1 Å². The van der Waals surface area contributed by atoms with Gasteiger partial charge in [0.15, 0.2) is 0 Å².